The summed E-state index contributed by atoms with van der Waals surface area (Å²) < 4.78 is 0. The summed E-state index contributed by atoms with van der Waals surface area (Å²) in [7, 11) is 0. The maximum Gasteiger partial charge on any atom is 0.139 e. The second-order valence-electron chi connectivity index (χ2n) is 9.74. The summed E-state index contributed by atoms with van der Waals surface area (Å²) in [5.74, 6) is 2.63. The molecule has 6 heteroatoms. The van der Waals surface area contributed by atoms with Crippen LogP contribution in [0.5, 0.6) is 0 Å². The van der Waals surface area contributed by atoms with Crippen LogP contribution in [0.1, 0.15) is 115 Å². The van der Waals surface area contributed by atoms with Crippen LogP contribution in [-0.4, -0.2) is 42.0 Å². The molecule has 1 aliphatic rings. The van der Waals surface area contributed by atoms with Crippen molar-refractivity contribution in [2.24, 2.45) is 10.9 Å². The van der Waals surface area contributed by atoms with Gasteiger partial charge in [0.15, 0.2) is 0 Å². The zero-order valence-electron chi connectivity index (χ0n) is 22.0. The Hall–Kier alpha value is -1.66. The highest BCUT2D eigenvalue weighted by molar-refractivity contribution is 5.90. The molecule has 193 valence electrons. The molecule has 2 heterocycles. The van der Waals surface area contributed by atoms with Crippen molar-refractivity contribution in [1.29, 1.82) is 0 Å². The molecule has 1 aliphatic heterocycles. The van der Waals surface area contributed by atoms with E-state index >= 15 is 0 Å². The number of rotatable bonds is 23. The SMILES string of the molecule is CCCCCCNCCCCC(CCCCCNCCCCC)C(C1=NC=C[N]1)c1ncc[nH]1. The number of aliphatic imine (C=N–C) groups is 1. The van der Waals surface area contributed by atoms with Crippen molar-refractivity contribution in [1.82, 2.24) is 25.9 Å². The van der Waals surface area contributed by atoms with Crippen LogP contribution in [0.3, 0.4) is 0 Å². The minimum Gasteiger partial charge on any atom is -0.348 e. The molecule has 0 aromatic carbocycles. The lowest BCUT2D eigenvalue weighted by atomic mass is 9.82. The number of aromatic amines is 1. The van der Waals surface area contributed by atoms with Gasteiger partial charge < -0.3 is 15.6 Å². The number of nitrogens with one attached hydrogen (secondary N) is 3. The average molecular weight is 472 g/mol. The number of nitrogens with zero attached hydrogens (tertiary/aromatic N) is 3. The van der Waals surface area contributed by atoms with E-state index in [0.29, 0.717) is 5.92 Å². The van der Waals surface area contributed by atoms with Crippen molar-refractivity contribution in [3.05, 3.63) is 30.6 Å². The lowest BCUT2D eigenvalue weighted by molar-refractivity contribution is 0.377. The Morgan fingerprint density at radius 3 is 1.91 bits per heavy atom. The Morgan fingerprint density at radius 1 is 0.735 bits per heavy atom. The van der Waals surface area contributed by atoms with Crippen LogP contribution >= 0.6 is 0 Å². The van der Waals surface area contributed by atoms with E-state index < -0.39 is 0 Å². The molecule has 1 aromatic heterocycles. The third kappa shape index (κ3) is 12.2. The molecule has 2 unspecified atom stereocenters. The van der Waals surface area contributed by atoms with Crippen molar-refractivity contribution in [2.45, 2.75) is 110 Å². The minimum absolute atomic E-state index is 0.166. The molecule has 34 heavy (non-hydrogen) atoms. The van der Waals surface area contributed by atoms with Gasteiger partial charge in [-0.15, -0.1) is 0 Å². The van der Waals surface area contributed by atoms with E-state index in [1.165, 1.54) is 89.9 Å². The molecule has 2 atom stereocenters. The Labute approximate surface area is 209 Å². The van der Waals surface area contributed by atoms with E-state index in [4.69, 9.17) is 0 Å². The number of hydrogen-bond donors (Lipinski definition) is 3. The van der Waals surface area contributed by atoms with Crippen molar-refractivity contribution in [2.75, 3.05) is 26.2 Å². The number of hydrogen-bond acceptors (Lipinski definition) is 4. The quantitative estimate of drug-likeness (QED) is 0.164. The monoisotopic (exact) mass is 471 g/mol. The number of aromatic nitrogens is 2. The van der Waals surface area contributed by atoms with Crippen LogP contribution in [0.2, 0.25) is 0 Å². The third-order valence-corrected chi connectivity index (χ3v) is 6.81. The summed E-state index contributed by atoms with van der Waals surface area (Å²) in [6, 6.07) is 0. The predicted octanol–water partition coefficient (Wildman–Crippen LogP) is 6.28. The van der Waals surface area contributed by atoms with E-state index in [1.807, 2.05) is 24.8 Å². The molecule has 2 rings (SSSR count). The predicted molar refractivity (Wildman–Crippen MR) is 145 cm³/mol. The Balaban J connectivity index is 1.77. The first-order valence-electron chi connectivity index (χ1n) is 14.2. The van der Waals surface area contributed by atoms with Gasteiger partial charge in [-0.2, -0.15) is 0 Å². The highest BCUT2D eigenvalue weighted by Gasteiger charge is 2.31. The van der Waals surface area contributed by atoms with Gasteiger partial charge in [0.2, 0.25) is 0 Å². The first kappa shape index (κ1) is 28.6. The first-order valence-corrected chi connectivity index (χ1v) is 14.2. The van der Waals surface area contributed by atoms with Crippen molar-refractivity contribution >= 4 is 5.84 Å². The van der Waals surface area contributed by atoms with Gasteiger partial charge in [-0.05, 0) is 70.6 Å². The van der Waals surface area contributed by atoms with E-state index in [1.54, 1.807) is 0 Å². The molecule has 0 aliphatic carbocycles. The second-order valence-corrected chi connectivity index (χ2v) is 9.74. The normalized spacial score (nSPS) is 14.8. The average Bonchev–Trinajstić information content (AvgIpc) is 3.57. The molecule has 0 saturated heterocycles. The molecular formula is C28H51N6. The smallest absolute Gasteiger partial charge is 0.139 e. The summed E-state index contributed by atoms with van der Waals surface area (Å²) in [6.07, 6.45) is 25.3. The molecule has 0 bridgehead atoms. The lowest BCUT2D eigenvalue weighted by Gasteiger charge is -2.25. The second kappa shape index (κ2) is 19.6. The topological polar surface area (TPSA) is 79.2 Å². The molecule has 0 saturated carbocycles. The fourth-order valence-electron chi connectivity index (χ4n) is 4.81. The maximum atomic E-state index is 4.62. The maximum absolute atomic E-state index is 4.62. The number of imidazole rings is 1. The summed E-state index contributed by atoms with van der Waals surface area (Å²) in [5.41, 5.74) is 0. The molecule has 0 spiro atoms. The van der Waals surface area contributed by atoms with Crippen LogP contribution < -0.4 is 16.0 Å². The van der Waals surface area contributed by atoms with Crippen LogP contribution in [0.25, 0.3) is 0 Å². The Bertz CT molecular complexity index is 617. The van der Waals surface area contributed by atoms with Crippen LogP contribution in [-0.2, 0) is 0 Å². The van der Waals surface area contributed by atoms with Crippen LogP contribution in [0.4, 0.5) is 0 Å². The van der Waals surface area contributed by atoms with Gasteiger partial charge in [-0.3, -0.25) is 0 Å². The number of H-pyrrole nitrogens is 1. The van der Waals surface area contributed by atoms with Gasteiger partial charge >= 0.3 is 0 Å². The highest BCUT2D eigenvalue weighted by Crippen LogP contribution is 2.33. The van der Waals surface area contributed by atoms with Gasteiger partial charge in [0.05, 0.1) is 5.92 Å². The van der Waals surface area contributed by atoms with E-state index in [0.717, 1.165) is 37.8 Å². The van der Waals surface area contributed by atoms with Crippen LogP contribution in [0.15, 0.2) is 29.8 Å². The fourth-order valence-corrected chi connectivity index (χ4v) is 4.81. The van der Waals surface area contributed by atoms with E-state index in [-0.39, 0.29) is 5.92 Å². The van der Waals surface area contributed by atoms with Gasteiger partial charge in [-0.25, -0.2) is 15.3 Å². The van der Waals surface area contributed by atoms with Crippen molar-refractivity contribution < 1.29 is 0 Å². The first-order chi connectivity index (χ1) is 16.9. The molecule has 6 nitrogen and oxygen atoms in total. The fraction of sp³-hybridized carbons (Fsp3) is 0.786. The van der Waals surface area contributed by atoms with E-state index in [2.05, 4.69) is 44.8 Å². The van der Waals surface area contributed by atoms with Crippen molar-refractivity contribution in [3.63, 3.8) is 0 Å². The van der Waals surface area contributed by atoms with Crippen LogP contribution in [0, 0.1) is 5.92 Å². The number of amidine groups is 1. The molecular weight excluding hydrogens is 420 g/mol. The summed E-state index contributed by atoms with van der Waals surface area (Å²) >= 11 is 0. The minimum atomic E-state index is 0.166. The summed E-state index contributed by atoms with van der Waals surface area (Å²) in [5, 5.41) is 11.8. The third-order valence-electron chi connectivity index (χ3n) is 6.81. The number of unbranched alkanes of at least 4 members (excludes halogenated alkanes) is 8. The zero-order valence-corrected chi connectivity index (χ0v) is 22.0. The van der Waals surface area contributed by atoms with E-state index in [9.17, 15) is 0 Å². The Kier molecular flexibility index (Phi) is 16.5. The standard InChI is InChI=1S/C28H51N6/c1-3-5-7-12-18-30-20-14-10-16-25(15-9-8-13-19-29-17-11-6-4-2)26(27-31-21-22-32-27)28-33-23-24-34-28/h21-26,29-30H,3-20H2,1-2H3,(H,31,32). The summed E-state index contributed by atoms with van der Waals surface area (Å²) in [4.78, 5) is 12.6. The van der Waals surface area contributed by atoms with Crippen molar-refractivity contribution in [3.8, 4) is 0 Å². The van der Waals surface area contributed by atoms with Gasteiger partial charge in [0, 0.05) is 24.8 Å². The highest BCUT2D eigenvalue weighted by atomic mass is 15.0. The Morgan fingerprint density at radius 2 is 1.32 bits per heavy atom. The molecule has 0 amide bonds. The zero-order chi connectivity index (χ0) is 24.1. The molecule has 1 aromatic rings. The lowest BCUT2D eigenvalue weighted by Crippen LogP contribution is -2.27. The molecule has 3 N–H and O–H groups in total. The largest absolute Gasteiger partial charge is 0.348 e. The molecule has 1 radical (unpaired) electrons. The summed E-state index contributed by atoms with van der Waals surface area (Å²) in [6.45, 7) is 9.13. The van der Waals surface area contributed by atoms with Gasteiger partial charge in [0.25, 0.3) is 0 Å². The van der Waals surface area contributed by atoms with Gasteiger partial charge in [0.1, 0.15) is 11.7 Å². The molecule has 0 fully saturated rings. The van der Waals surface area contributed by atoms with Gasteiger partial charge in [-0.1, -0.05) is 65.2 Å².